The Balaban J connectivity index is 0.000000464. The lowest BCUT2D eigenvalue weighted by Gasteiger charge is -2.08. The predicted molar refractivity (Wildman–Crippen MR) is 212 cm³/mol. The summed E-state index contributed by atoms with van der Waals surface area (Å²) in [4.78, 5) is 34.1. The maximum Gasteiger partial charge on any atom is 0.471 e. The third kappa shape index (κ3) is 21.5. The summed E-state index contributed by atoms with van der Waals surface area (Å²) in [5.41, 5.74) is 17.1. The van der Waals surface area contributed by atoms with Crippen molar-refractivity contribution >= 4 is 35.9 Å². The monoisotopic (exact) mass is 767 g/mol. The number of hydrogen-bond acceptors (Lipinski definition) is 8. The first-order valence-corrected chi connectivity index (χ1v) is 18.2. The van der Waals surface area contributed by atoms with Crippen LogP contribution in [-0.2, 0) is 46.2 Å². The molecule has 9 N–H and O–H groups in total. The van der Waals surface area contributed by atoms with E-state index < -0.39 is 12.1 Å². The van der Waals surface area contributed by atoms with Crippen molar-refractivity contribution in [2.45, 2.75) is 58.3 Å². The van der Waals surface area contributed by atoms with Gasteiger partial charge in [0, 0.05) is 31.6 Å². The lowest BCUT2D eigenvalue weighted by molar-refractivity contribution is -0.173. The molecule has 0 saturated heterocycles. The van der Waals surface area contributed by atoms with Gasteiger partial charge >= 0.3 is 12.1 Å². The van der Waals surface area contributed by atoms with Crippen molar-refractivity contribution in [1.29, 1.82) is 5.41 Å². The summed E-state index contributed by atoms with van der Waals surface area (Å²) in [7, 11) is 1.50. The van der Waals surface area contributed by atoms with Gasteiger partial charge in [0.05, 0.1) is 13.1 Å². The Kier molecular flexibility index (Phi) is 24.0. The summed E-state index contributed by atoms with van der Waals surface area (Å²) < 4.78 is 38.4. The van der Waals surface area contributed by atoms with Crippen molar-refractivity contribution < 1.29 is 27.6 Å². The topological polar surface area (TPSA) is 175 Å². The Hall–Kier alpha value is -5.02. The second kappa shape index (κ2) is 27.6. The van der Waals surface area contributed by atoms with Crippen molar-refractivity contribution in [1.82, 2.24) is 20.7 Å². The van der Waals surface area contributed by atoms with E-state index in [2.05, 4.69) is 58.3 Å². The van der Waals surface area contributed by atoms with Crippen LogP contribution in [0.4, 0.5) is 13.2 Å². The Morgan fingerprint density at radius 3 is 1.93 bits per heavy atom. The van der Waals surface area contributed by atoms with Crippen molar-refractivity contribution in [3.8, 4) is 0 Å². The molecule has 4 aromatic rings. The lowest BCUT2D eigenvalue weighted by atomic mass is 10.1. The summed E-state index contributed by atoms with van der Waals surface area (Å²) in [6, 6.07) is 32.8. The summed E-state index contributed by atoms with van der Waals surface area (Å²) in [5, 5.41) is 14.3. The highest BCUT2D eigenvalue weighted by atomic mass is 32.2. The Bertz CT molecular complexity index is 1680. The Morgan fingerprint density at radius 2 is 1.31 bits per heavy atom. The summed E-state index contributed by atoms with van der Waals surface area (Å²) in [5.74, 6) is -1.69. The number of halogens is 3. The maximum atomic E-state index is 11.8. The number of amides is 3. The van der Waals surface area contributed by atoms with Crippen LogP contribution in [0.5, 0.6) is 0 Å². The molecular formula is C40H52F3N7O3S. The molecule has 0 aliphatic rings. The van der Waals surface area contributed by atoms with Crippen LogP contribution in [-0.4, -0.2) is 50.2 Å². The van der Waals surface area contributed by atoms with E-state index in [1.165, 1.54) is 43.6 Å². The van der Waals surface area contributed by atoms with E-state index in [0.717, 1.165) is 33.6 Å². The van der Waals surface area contributed by atoms with Gasteiger partial charge in [0.25, 0.3) is 0 Å². The molecule has 0 aliphatic heterocycles. The number of carbonyl (C=O) groups is 3. The van der Waals surface area contributed by atoms with Crippen molar-refractivity contribution in [3.63, 3.8) is 0 Å². The quantitative estimate of drug-likeness (QED) is 0.0462. The Morgan fingerprint density at radius 1 is 0.722 bits per heavy atom. The number of benzene rings is 4. The zero-order valence-corrected chi connectivity index (χ0v) is 31.8. The number of rotatable bonds is 15. The fourth-order valence-corrected chi connectivity index (χ4v) is 5.05. The van der Waals surface area contributed by atoms with E-state index in [-0.39, 0.29) is 31.4 Å². The molecule has 0 atom stereocenters. The second-order valence-corrected chi connectivity index (χ2v) is 12.3. The van der Waals surface area contributed by atoms with E-state index in [0.29, 0.717) is 18.7 Å². The van der Waals surface area contributed by atoms with Gasteiger partial charge in [-0.05, 0) is 53.8 Å². The molecule has 0 bridgehead atoms. The highest BCUT2D eigenvalue weighted by Gasteiger charge is 2.38. The van der Waals surface area contributed by atoms with Crippen LogP contribution in [0.2, 0.25) is 0 Å². The molecule has 0 radical (unpaired) electrons. The number of aryl methyl sites for hydroxylation is 2. The molecule has 0 spiro atoms. The average Bonchev–Trinajstić information content (AvgIpc) is 3.18. The molecule has 3 amide bonds. The molecule has 14 heteroatoms. The van der Waals surface area contributed by atoms with Crippen molar-refractivity contribution in [2.75, 3.05) is 20.1 Å². The molecule has 0 unspecified atom stereocenters. The number of carbonyl (C=O) groups excluding carboxylic acids is 3. The molecule has 0 fully saturated rings. The van der Waals surface area contributed by atoms with E-state index in [4.69, 9.17) is 11.1 Å². The van der Waals surface area contributed by atoms with Crippen LogP contribution in [0, 0.1) is 12.3 Å². The maximum absolute atomic E-state index is 11.8. The van der Waals surface area contributed by atoms with Crippen LogP contribution < -0.4 is 32.1 Å². The molecule has 54 heavy (non-hydrogen) atoms. The first-order valence-electron chi connectivity index (χ1n) is 17.2. The second-order valence-electron chi connectivity index (χ2n) is 11.5. The summed E-state index contributed by atoms with van der Waals surface area (Å²) in [6.07, 6.45) is -1.10. The SMILES string of the molecule is CCCc1ccccc1.CN.Cc1cccc(CNC(=O)C(F)(F)F)c1.N=Cc1ccc(CNC(=O)CNC(=O)CNSCc2cccc(CN)c2)cc1. The highest BCUT2D eigenvalue weighted by Crippen LogP contribution is 2.15. The molecule has 4 aromatic carbocycles. The zero-order chi connectivity index (χ0) is 40.2. The third-order valence-electron chi connectivity index (χ3n) is 7.06. The van der Waals surface area contributed by atoms with Crippen LogP contribution in [0.3, 0.4) is 0 Å². The molecule has 0 saturated carbocycles. The van der Waals surface area contributed by atoms with Gasteiger partial charge in [-0.1, -0.05) is 134 Å². The first kappa shape index (κ1) is 47.0. The number of alkyl halides is 3. The number of nitrogens with two attached hydrogens (primary N) is 2. The van der Waals surface area contributed by atoms with Gasteiger partial charge in [-0.2, -0.15) is 13.2 Å². The summed E-state index contributed by atoms with van der Waals surface area (Å²) >= 11 is 1.43. The number of nitrogens with one attached hydrogen (secondary N) is 5. The van der Waals surface area contributed by atoms with Gasteiger partial charge < -0.3 is 32.8 Å². The molecule has 292 valence electrons. The fourth-order valence-electron chi connectivity index (χ4n) is 4.37. The van der Waals surface area contributed by atoms with E-state index in [1.807, 2.05) is 61.5 Å². The minimum atomic E-state index is -4.82. The molecule has 0 aromatic heterocycles. The zero-order valence-electron chi connectivity index (χ0n) is 31.0. The Labute approximate surface area is 320 Å². The third-order valence-corrected chi connectivity index (χ3v) is 7.88. The minimum absolute atomic E-state index is 0.0672. The molecule has 4 rings (SSSR count). The number of hydrogen-bond donors (Lipinski definition) is 7. The predicted octanol–water partition coefficient (Wildman–Crippen LogP) is 5.70. The van der Waals surface area contributed by atoms with E-state index >= 15 is 0 Å². The summed E-state index contributed by atoms with van der Waals surface area (Å²) in [6.45, 7) is 4.86. The molecular weight excluding hydrogens is 716 g/mol. The van der Waals surface area contributed by atoms with Gasteiger partial charge in [0.15, 0.2) is 0 Å². The first-order chi connectivity index (χ1) is 25.9. The van der Waals surface area contributed by atoms with Gasteiger partial charge in [0.2, 0.25) is 11.8 Å². The van der Waals surface area contributed by atoms with Crippen LogP contribution in [0.25, 0.3) is 0 Å². The normalized spacial score (nSPS) is 10.1. The average molecular weight is 768 g/mol. The van der Waals surface area contributed by atoms with Gasteiger partial charge in [0.1, 0.15) is 0 Å². The smallest absolute Gasteiger partial charge is 0.350 e. The van der Waals surface area contributed by atoms with Crippen molar-refractivity contribution in [3.05, 3.63) is 142 Å². The van der Waals surface area contributed by atoms with Crippen molar-refractivity contribution in [2.24, 2.45) is 11.5 Å². The van der Waals surface area contributed by atoms with Crippen LogP contribution in [0.15, 0.2) is 103 Å². The fraction of sp³-hybridized carbons (Fsp3) is 0.300. The molecule has 0 aliphatic carbocycles. The van der Waals surface area contributed by atoms with Crippen LogP contribution >= 0.6 is 11.9 Å². The van der Waals surface area contributed by atoms with E-state index in [9.17, 15) is 27.6 Å². The van der Waals surface area contributed by atoms with Gasteiger partial charge in [-0.3, -0.25) is 19.1 Å². The van der Waals surface area contributed by atoms with Crippen LogP contribution in [0.1, 0.15) is 52.3 Å². The molecule has 0 heterocycles. The largest absolute Gasteiger partial charge is 0.471 e. The minimum Gasteiger partial charge on any atom is -0.350 e. The van der Waals surface area contributed by atoms with Gasteiger partial charge in [-0.25, -0.2) is 0 Å². The van der Waals surface area contributed by atoms with Gasteiger partial charge in [-0.15, -0.1) is 0 Å². The highest BCUT2D eigenvalue weighted by molar-refractivity contribution is 7.96. The standard InChI is InChI=1S/C20H25N5O2S.C10H10F3NO.C9H12.CH5N/c21-9-15-4-6-16(7-5-15)11-23-19(26)12-24-20(27)13-25-28-14-18-3-1-2-17(8-18)10-22;1-7-3-2-4-8(5-7)6-14-9(15)10(11,12)13;1-2-6-9-7-4-3-5-8-9;1-2/h1-9,21,25H,10-14,22H2,(H,23,26)(H,24,27);2-5H,6H2,1H3,(H,14,15);3-5,7-8H,2,6H2,1H3;2H2,1H3. The lowest BCUT2D eigenvalue weighted by Crippen LogP contribution is -2.39. The van der Waals surface area contributed by atoms with E-state index in [1.54, 1.807) is 23.5 Å². The molecule has 10 nitrogen and oxygen atoms in total.